The average Bonchev–Trinajstić information content (AvgIpc) is 2.33. The first kappa shape index (κ1) is 11.8. The van der Waals surface area contributed by atoms with E-state index < -0.39 is 0 Å². The highest BCUT2D eigenvalue weighted by Crippen LogP contribution is 2.16. The highest BCUT2D eigenvalue weighted by atomic mass is 127. The molecule has 0 spiro atoms. The van der Waals surface area contributed by atoms with Gasteiger partial charge in [-0.2, -0.15) is 0 Å². The summed E-state index contributed by atoms with van der Waals surface area (Å²) in [7, 11) is 0. The maximum Gasteiger partial charge on any atom is 0.253 e. The topological polar surface area (TPSA) is 20.3 Å². The molecule has 0 atom stereocenters. The molecule has 0 radical (unpaired) electrons. The first-order valence-electron chi connectivity index (χ1n) is 5.43. The van der Waals surface area contributed by atoms with E-state index in [1.165, 1.54) is 12.5 Å². The first-order valence-corrected chi connectivity index (χ1v) is 6.50. The van der Waals surface area contributed by atoms with E-state index in [0.717, 1.165) is 25.9 Å². The van der Waals surface area contributed by atoms with Crippen LogP contribution in [0.5, 0.6) is 0 Å². The second kappa shape index (κ2) is 5.12. The van der Waals surface area contributed by atoms with Crippen LogP contribution in [-0.2, 0) is 0 Å². The Morgan fingerprint density at radius 2 is 1.94 bits per heavy atom. The highest BCUT2D eigenvalue weighted by Gasteiger charge is 2.18. The Kier molecular flexibility index (Phi) is 3.78. The van der Waals surface area contributed by atoms with Crippen molar-refractivity contribution in [2.24, 2.45) is 0 Å². The van der Waals surface area contributed by atoms with Crippen molar-refractivity contribution in [2.75, 3.05) is 13.1 Å². The fourth-order valence-corrected chi connectivity index (χ4v) is 2.24. The highest BCUT2D eigenvalue weighted by molar-refractivity contribution is 14.1. The third-order valence-corrected chi connectivity index (χ3v) is 3.68. The molecule has 0 N–H and O–H groups in total. The summed E-state index contributed by atoms with van der Waals surface area (Å²) in [5, 5.41) is 0. The molecule has 0 bridgehead atoms. The molecule has 16 heavy (non-hydrogen) atoms. The van der Waals surface area contributed by atoms with Crippen LogP contribution in [0, 0.1) is 9.39 Å². The Morgan fingerprint density at radius 3 is 2.56 bits per heavy atom. The van der Waals surface area contributed by atoms with Gasteiger partial charge in [-0.05, 0) is 60.1 Å². The largest absolute Gasteiger partial charge is 0.339 e. The molecule has 4 heteroatoms. The van der Waals surface area contributed by atoms with Crippen molar-refractivity contribution < 1.29 is 9.18 Å². The predicted molar refractivity (Wildman–Crippen MR) is 68.9 cm³/mol. The fraction of sp³-hybridized carbons (Fsp3) is 0.417. The second-order valence-corrected chi connectivity index (χ2v) is 5.14. The van der Waals surface area contributed by atoms with Gasteiger partial charge >= 0.3 is 0 Å². The molecule has 2 rings (SSSR count). The summed E-state index contributed by atoms with van der Waals surface area (Å²) < 4.78 is 13.9. The van der Waals surface area contributed by atoms with Gasteiger partial charge in [-0.15, -0.1) is 0 Å². The molecule has 1 fully saturated rings. The van der Waals surface area contributed by atoms with Crippen molar-refractivity contribution >= 4 is 28.5 Å². The first-order chi connectivity index (χ1) is 7.68. The van der Waals surface area contributed by atoms with E-state index in [-0.39, 0.29) is 11.7 Å². The SMILES string of the molecule is O=C(c1ccc(I)c(F)c1)N1CCCCC1. The Labute approximate surface area is 108 Å². The fourth-order valence-electron chi connectivity index (χ4n) is 1.91. The van der Waals surface area contributed by atoms with Crippen LogP contribution in [0.4, 0.5) is 4.39 Å². The number of hydrogen-bond donors (Lipinski definition) is 0. The Morgan fingerprint density at radius 1 is 1.25 bits per heavy atom. The van der Waals surface area contributed by atoms with Crippen LogP contribution < -0.4 is 0 Å². The molecular formula is C12H13FINO. The summed E-state index contributed by atoms with van der Waals surface area (Å²) in [6.07, 6.45) is 3.29. The summed E-state index contributed by atoms with van der Waals surface area (Å²) in [5.41, 5.74) is 0.458. The number of likely N-dealkylation sites (tertiary alicyclic amines) is 1. The molecule has 0 aromatic heterocycles. The third-order valence-electron chi connectivity index (χ3n) is 2.81. The zero-order valence-corrected chi connectivity index (χ0v) is 11.0. The van der Waals surface area contributed by atoms with E-state index in [1.807, 2.05) is 27.5 Å². The number of carbonyl (C=O) groups excluding carboxylic acids is 1. The Bertz CT molecular complexity index is 402. The summed E-state index contributed by atoms with van der Waals surface area (Å²) in [5.74, 6) is -0.363. The minimum atomic E-state index is -0.316. The maximum atomic E-state index is 13.3. The number of hydrogen-bond acceptors (Lipinski definition) is 1. The van der Waals surface area contributed by atoms with Gasteiger partial charge in [0, 0.05) is 22.2 Å². The molecule has 0 aliphatic carbocycles. The molecule has 86 valence electrons. The molecule has 2 nitrogen and oxygen atoms in total. The number of rotatable bonds is 1. The standard InChI is InChI=1S/C12H13FINO/c13-10-8-9(4-5-11(10)14)12(16)15-6-2-1-3-7-15/h4-5,8H,1-3,6-7H2. The predicted octanol–water partition coefficient (Wildman–Crippen LogP) is 3.06. The van der Waals surface area contributed by atoms with Gasteiger partial charge in [0.1, 0.15) is 5.82 Å². The van der Waals surface area contributed by atoms with Gasteiger partial charge in [-0.3, -0.25) is 4.79 Å². The van der Waals surface area contributed by atoms with E-state index in [4.69, 9.17) is 0 Å². The van der Waals surface area contributed by atoms with Crippen LogP contribution in [0.2, 0.25) is 0 Å². The molecule has 1 aliphatic heterocycles. The van der Waals surface area contributed by atoms with Gasteiger partial charge in [-0.25, -0.2) is 4.39 Å². The van der Waals surface area contributed by atoms with Crippen LogP contribution >= 0.6 is 22.6 Å². The van der Waals surface area contributed by atoms with E-state index in [9.17, 15) is 9.18 Å². The Balaban J connectivity index is 2.16. The number of piperidine rings is 1. The lowest BCUT2D eigenvalue weighted by molar-refractivity contribution is 0.0724. The Hall–Kier alpha value is -0.650. The molecule has 1 amide bonds. The van der Waals surface area contributed by atoms with Crippen LogP contribution in [0.15, 0.2) is 18.2 Å². The van der Waals surface area contributed by atoms with Crippen molar-refractivity contribution in [3.63, 3.8) is 0 Å². The van der Waals surface area contributed by atoms with E-state index in [0.29, 0.717) is 9.13 Å². The average molecular weight is 333 g/mol. The molecular weight excluding hydrogens is 320 g/mol. The molecule has 0 saturated carbocycles. The van der Waals surface area contributed by atoms with Gasteiger partial charge in [0.05, 0.1) is 0 Å². The van der Waals surface area contributed by atoms with Crippen molar-refractivity contribution in [2.45, 2.75) is 19.3 Å². The molecule has 0 unspecified atom stereocenters. The monoisotopic (exact) mass is 333 g/mol. The molecule has 1 aliphatic rings. The van der Waals surface area contributed by atoms with Crippen LogP contribution in [-0.4, -0.2) is 23.9 Å². The van der Waals surface area contributed by atoms with Crippen molar-refractivity contribution in [1.82, 2.24) is 4.90 Å². The number of amides is 1. The van der Waals surface area contributed by atoms with Crippen molar-refractivity contribution in [1.29, 1.82) is 0 Å². The number of nitrogens with zero attached hydrogens (tertiary/aromatic N) is 1. The van der Waals surface area contributed by atoms with Gasteiger partial charge in [0.25, 0.3) is 5.91 Å². The molecule has 1 heterocycles. The van der Waals surface area contributed by atoms with Crippen LogP contribution in [0.3, 0.4) is 0 Å². The van der Waals surface area contributed by atoms with Gasteiger partial charge in [-0.1, -0.05) is 0 Å². The maximum absolute atomic E-state index is 13.3. The van der Waals surface area contributed by atoms with Crippen molar-refractivity contribution in [3.05, 3.63) is 33.1 Å². The number of carbonyl (C=O) groups is 1. The van der Waals surface area contributed by atoms with E-state index >= 15 is 0 Å². The van der Waals surface area contributed by atoms with E-state index in [1.54, 1.807) is 12.1 Å². The summed E-state index contributed by atoms with van der Waals surface area (Å²) in [6.45, 7) is 1.60. The van der Waals surface area contributed by atoms with Gasteiger partial charge < -0.3 is 4.90 Å². The lowest BCUT2D eigenvalue weighted by Crippen LogP contribution is -2.35. The molecule has 1 aromatic carbocycles. The molecule has 1 aromatic rings. The third kappa shape index (κ3) is 2.53. The van der Waals surface area contributed by atoms with Crippen LogP contribution in [0.1, 0.15) is 29.6 Å². The zero-order valence-electron chi connectivity index (χ0n) is 8.88. The molecule has 1 saturated heterocycles. The normalized spacial score (nSPS) is 16.2. The lowest BCUT2D eigenvalue weighted by atomic mass is 10.1. The number of halogens is 2. The van der Waals surface area contributed by atoms with Gasteiger partial charge in [0.15, 0.2) is 0 Å². The lowest BCUT2D eigenvalue weighted by Gasteiger charge is -2.26. The van der Waals surface area contributed by atoms with Crippen LogP contribution in [0.25, 0.3) is 0 Å². The number of benzene rings is 1. The zero-order chi connectivity index (χ0) is 11.5. The van der Waals surface area contributed by atoms with E-state index in [2.05, 4.69) is 0 Å². The summed E-state index contributed by atoms with van der Waals surface area (Å²) in [4.78, 5) is 13.8. The van der Waals surface area contributed by atoms with Crippen molar-refractivity contribution in [3.8, 4) is 0 Å². The summed E-state index contributed by atoms with van der Waals surface area (Å²) in [6, 6.07) is 4.67. The van der Waals surface area contributed by atoms with Gasteiger partial charge in [0.2, 0.25) is 0 Å². The summed E-state index contributed by atoms with van der Waals surface area (Å²) >= 11 is 1.92. The minimum absolute atomic E-state index is 0.0463. The quantitative estimate of drug-likeness (QED) is 0.724. The smallest absolute Gasteiger partial charge is 0.253 e. The minimum Gasteiger partial charge on any atom is -0.339 e. The second-order valence-electron chi connectivity index (χ2n) is 3.98.